The zero-order valence-corrected chi connectivity index (χ0v) is 12.3. The van der Waals surface area contributed by atoms with Crippen molar-refractivity contribution < 1.29 is 9.66 Å². The molecule has 0 spiro atoms. The summed E-state index contributed by atoms with van der Waals surface area (Å²) in [5, 5.41) is 11.1. The molecule has 1 saturated carbocycles. The number of nitrogens with zero attached hydrogens (tertiary/aromatic N) is 1. The summed E-state index contributed by atoms with van der Waals surface area (Å²) in [5.74, 6) is 0.841. The summed E-state index contributed by atoms with van der Waals surface area (Å²) in [6.07, 6.45) is 3.00. The summed E-state index contributed by atoms with van der Waals surface area (Å²) in [7, 11) is 0. The largest absolute Gasteiger partial charge is 0.483 e. The predicted octanol–water partition coefficient (Wildman–Crippen LogP) is 3.77. The molecule has 20 heavy (non-hydrogen) atoms. The molecule has 2 atom stereocenters. The molecule has 110 valence electrons. The van der Waals surface area contributed by atoms with Crippen LogP contribution in [0.2, 0.25) is 0 Å². The molecule has 5 heteroatoms. The van der Waals surface area contributed by atoms with Crippen LogP contribution in [-0.2, 0) is 0 Å². The van der Waals surface area contributed by atoms with Crippen LogP contribution in [-0.4, -0.2) is 11.0 Å². The smallest absolute Gasteiger partial charge is 0.333 e. The van der Waals surface area contributed by atoms with Crippen LogP contribution >= 0.6 is 0 Å². The Morgan fingerprint density at radius 1 is 1.40 bits per heavy atom. The Kier molecular flexibility index (Phi) is 3.88. The standard InChI is InChI=1S/C15H22N2O3/c1-10-7-11(9-15(2,3)8-10)20-13-6-4-5-12(16)14(13)17(18)19/h4-6,10-11H,7-9,16H2,1-3H3. The quantitative estimate of drug-likeness (QED) is 0.518. The lowest BCUT2D eigenvalue weighted by molar-refractivity contribution is -0.385. The van der Waals surface area contributed by atoms with Crippen molar-refractivity contribution in [1.29, 1.82) is 0 Å². The van der Waals surface area contributed by atoms with Crippen LogP contribution < -0.4 is 10.5 Å². The molecule has 0 aliphatic heterocycles. The van der Waals surface area contributed by atoms with E-state index in [0.717, 1.165) is 19.3 Å². The maximum absolute atomic E-state index is 11.1. The Morgan fingerprint density at radius 2 is 2.10 bits per heavy atom. The van der Waals surface area contributed by atoms with Gasteiger partial charge in [-0.1, -0.05) is 26.8 Å². The van der Waals surface area contributed by atoms with Gasteiger partial charge >= 0.3 is 5.69 Å². The SMILES string of the molecule is CC1CC(Oc2cccc(N)c2[N+](=O)[O-])CC(C)(C)C1. The first-order chi connectivity index (χ1) is 9.28. The second kappa shape index (κ2) is 5.31. The van der Waals surface area contributed by atoms with Crippen LogP contribution in [0.15, 0.2) is 18.2 Å². The van der Waals surface area contributed by atoms with Gasteiger partial charge in [0.05, 0.1) is 11.0 Å². The highest BCUT2D eigenvalue weighted by Gasteiger charge is 2.34. The highest BCUT2D eigenvalue weighted by atomic mass is 16.6. The lowest BCUT2D eigenvalue weighted by atomic mass is 9.71. The summed E-state index contributed by atoms with van der Waals surface area (Å²) in [6.45, 7) is 6.63. The van der Waals surface area contributed by atoms with E-state index in [0.29, 0.717) is 5.92 Å². The van der Waals surface area contributed by atoms with Crippen molar-refractivity contribution in [2.24, 2.45) is 11.3 Å². The Balaban J connectivity index is 2.22. The fraction of sp³-hybridized carbons (Fsp3) is 0.600. The van der Waals surface area contributed by atoms with E-state index in [-0.39, 0.29) is 28.6 Å². The minimum atomic E-state index is -0.470. The number of ether oxygens (including phenoxy) is 1. The first kappa shape index (κ1) is 14.6. The monoisotopic (exact) mass is 278 g/mol. The van der Waals surface area contributed by atoms with Gasteiger partial charge < -0.3 is 10.5 Å². The van der Waals surface area contributed by atoms with Gasteiger partial charge in [-0.25, -0.2) is 0 Å². The number of rotatable bonds is 3. The summed E-state index contributed by atoms with van der Waals surface area (Å²) in [5.41, 5.74) is 5.92. The maximum atomic E-state index is 11.1. The number of nitro benzene ring substituents is 1. The Labute approximate surface area is 119 Å². The zero-order valence-electron chi connectivity index (χ0n) is 12.3. The molecule has 2 rings (SSSR count). The van der Waals surface area contributed by atoms with E-state index in [1.54, 1.807) is 12.1 Å². The number of benzene rings is 1. The van der Waals surface area contributed by atoms with Crippen molar-refractivity contribution >= 4 is 11.4 Å². The second-order valence-corrected chi connectivity index (χ2v) is 6.60. The highest BCUT2D eigenvalue weighted by molar-refractivity contribution is 5.65. The Bertz CT molecular complexity index is 514. The third kappa shape index (κ3) is 3.21. The molecule has 2 unspecified atom stereocenters. The zero-order chi connectivity index (χ0) is 14.9. The number of hydrogen-bond donors (Lipinski definition) is 1. The van der Waals surface area contributed by atoms with Crippen molar-refractivity contribution in [2.75, 3.05) is 5.73 Å². The molecule has 0 aromatic heterocycles. The van der Waals surface area contributed by atoms with E-state index >= 15 is 0 Å². The lowest BCUT2D eigenvalue weighted by Crippen LogP contribution is -2.34. The summed E-state index contributed by atoms with van der Waals surface area (Å²) in [4.78, 5) is 10.7. The molecule has 2 N–H and O–H groups in total. The predicted molar refractivity (Wildman–Crippen MR) is 78.7 cm³/mol. The van der Waals surface area contributed by atoms with E-state index in [1.807, 2.05) is 0 Å². The third-order valence-electron chi connectivity index (χ3n) is 3.85. The average Bonchev–Trinajstić information content (AvgIpc) is 2.25. The fourth-order valence-corrected chi connectivity index (χ4v) is 3.36. The van der Waals surface area contributed by atoms with E-state index in [1.165, 1.54) is 6.07 Å². The number of nitro groups is 1. The molecule has 0 heterocycles. The van der Waals surface area contributed by atoms with Crippen LogP contribution in [0.25, 0.3) is 0 Å². The third-order valence-corrected chi connectivity index (χ3v) is 3.85. The van der Waals surface area contributed by atoms with Gasteiger partial charge in [-0.15, -0.1) is 0 Å². The Morgan fingerprint density at radius 3 is 2.70 bits per heavy atom. The van der Waals surface area contributed by atoms with Gasteiger partial charge in [0, 0.05) is 0 Å². The van der Waals surface area contributed by atoms with Gasteiger partial charge in [0.2, 0.25) is 0 Å². The highest BCUT2D eigenvalue weighted by Crippen LogP contribution is 2.42. The van der Waals surface area contributed by atoms with Crippen LogP contribution in [0.4, 0.5) is 11.4 Å². The topological polar surface area (TPSA) is 78.4 Å². The van der Waals surface area contributed by atoms with Crippen LogP contribution in [0.3, 0.4) is 0 Å². The molecule has 5 nitrogen and oxygen atoms in total. The van der Waals surface area contributed by atoms with E-state index in [2.05, 4.69) is 20.8 Å². The number of para-hydroxylation sites is 1. The van der Waals surface area contributed by atoms with Crippen LogP contribution in [0.5, 0.6) is 5.75 Å². The minimum absolute atomic E-state index is 0.00856. The number of nitrogen functional groups attached to an aromatic ring is 1. The summed E-state index contributed by atoms with van der Waals surface area (Å²) < 4.78 is 5.91. The van der Waals surface area contributed by atoms with Gasteiger partial charge in [-0.05, 0) is 42.7 Å². The van der Waals surface area contributed by atoms with Crippen molar-refractivity contribution in [1.82, 2.24) is 0 Å². The summed E-state index contributed by atoms with van der Waals surface area (Å²) >= 11 is 0. The number of nitrogens with two attached hydrogens (primary N) is 1. The van der Waals surface area contributed by atoms with Crippen molar-refractivity contribution in [2.45, 2.75) is 46.1 Å². The molecule has 1 aliphatic carbocycles. The van der Waals surface area contributed by atoms with Gasteiger partial charge in [-0.2, -0.15) is 0 Å². The average molecular weight is 278 g/mol. The van der Waals surface area contributed by atoms with Crippen LogP contribution in [0.1, 0.15) is 40.0 Å². The number of hydrogen-bond acceptors (Lipinski definition) is 4. The molecule has 0 amide bonds. The fourth-order valence-electron chi connectivity index (χ4n) is 3.36. The van der Waals surface area contributed by atoms with Gasteiger partial charge in [0.25, 0.3) is 0 Å². The Hall–Kier alpha value is -1.78. The molecular weight excluding hydrogens is 256 g/mol. The molecule has 0 radical (unpaired) electrons. The van der Waals surface area contributed by atoms with Crippen LogP contribution in [0, 0.1) is 21.4 Å². The first-order valence-corrected chi connectivity index (χ1v) is 6.98. The molecule has 1 fully saturated rings. The second-order valence-electron chi connectivity index (χ2n) is 6.60. The molecule has 1 aliphatic rings. The first-order valence-electron chi connectivity index (χ1n) is 6.98. The van der Waals surface area contributed by atoms with E-state index in [4.69, 9.17) is 10.5 Å². The number of anilines is 1. The normalized spacial score (nSPS) is 25.1. The van der Waals surface area contributed by atoms with Crippen molar-refractivity contribution in [3.8, 4) is 5.75 Å². The van der Waals surface area contributed by atoms with E-state index in [9.17, 15) is 10.1 Å². The van der Waals surface area contributed by atoms with Gasteiger partial charge in [0.15, 0.2) is 5.75 Å². The summed E-state index contributed by atoms with van der Waals surface area (Å²) in [6, 6.07) is 4.84. The lowest BCUT2D eigenvalue weighted by Gasteiger charge is -2.38. The molecule has 1 aromatic carbocycles. The van der Waals surface area contributed by atoms with E-state index < -0.39 is 4.92 Å². The maximum Gasteiger partial charge on any atom is 0.333 e. The molecule has 1 aromatic rings. The van der Waals surface area contributed by atoms with Gasteiger partial charge in [0.1, 0.15) is 5.69 Å². The molecule has 0 bridgehead atoms. The van der Waals surface area contributed by atoms with Gasteiger partial charge in [-0.3, -0.25) is 10.1 Å². The molecule has 0 saturated heterocycles. The van der Waals surface area contributed by atoms with Crippen molar-refractivity contribution in [3.63, 3.8) is 0 Å². The molecular formula is C15H22N2O3. The van der Waals surface area contributed by atoms with Crippen molar-refractivity contribution in [3.05, 3.63) is 28.3 Å². The minimum Gasteiger partial charge on any atom is -0.483 e.